The van der Waals surface area contributed by atoms with Crippen LogP contribution in [0.2, 0.25) is 0 Å². The van der Waals surface area contributed by atoms with Crippen molar-refractivity contribution in [3.63, 3.8) is 0 Å². The van der Waals surface area contributed by atoms with Crippen LogP contribution in [-0.2, 0) is 12.4 Å². The molecule has 0 saturated carbocycles. The van der Waals surface area contributed by atoms with Crippen molar-refractivity contribution in [2.45, 2.75) is 24.4 Å². The van der Waals surface area contributed by atoms with E-state index in [0.29, 0.717) is 12.4 Å². The molecule has 0 fully saturated rings. The molecule has 6 nitrogen and oxygen atoms in total. The minimum atomic E-state index is 0.335. The van der Waals surface area contributed by atoms with E-state index in [0.717, 1.165) is 39.3 Å². The summed E-state index contributed by atoms with van der Waals surface area (Å²) in [5, 5.41) is 9.70. The molecule has 3 heterocycles. The molecule has 0 aliphatic carbocycles. The van der Waals surface area contributed by atoms with E-state index in [1.54, 1.807) is 11.8 Å². The molecule has 0 aliphatic heterocycles. The van der Waals surface area contributed by atoms with E-state index in [4.69, 9.17) is 4.74 Å². The topological polar surface area (TPSA) is 57.2 Å². The third kappa shape index (κ3) is 4.18. The van der Waals surface area contributed by atoms with Crippen LogP contribution in [0.4, 0.5) is 0 Å². The zero-order chi connectivity index (χ0) is 21.0. The van der Waals surface area contributed by atoms with E-state index in [-0.39, 0.29) is 0 Å². The van der Waals surface area contributed by atoms with E-state index in [1.807, 2.05) is 84.4 Å². The number of thioether (sulfide) groups is 1. The summed E-state index contributed by atoms with van der Waals surface area (Å²) in [4.78, 5) is 4.68. The summed E-state index contributed by atoms with van der Waals surface area (Å²) in [6.07, 6.45) is 4.05. The Bertz CT molecular complexity index is 1280. The SMILES string of the molecule is Cc1ccccc1OCc1nnc(SCc2cn3ccccc3n2)n1-c1ccccc1. The fourth-order valence-electron chi connectivity index (χ4n) is 3.38. The van der Waals surface area contributed by atoms with Crippen LogP contribution in [-0.4, -0.2) is 24.1 Å². The fraction of sp³-hybridized carbons (Fsp3) is 0.125. The van der Waals surface area contributed by atoms with Crippen LogP contribution in [0.1, 0.15) is 17.1 Å². The third-order valence-corrected chi connectivity index (χ3v) is 5.89. The van der Waals surface area contributed by atoms with Crippen LogP contribution in [0.25, 0.3) is 11.3 Å². The maximum atomic E-state index is 6.05. The highest BCUT2D eigenvalue weighted by molar-refractivity contribution is 7.98. The highest BCUT2D eigenvalue weighted by atomic mass is 32.2. The summed E-state index contributed by atoms with van der Waals surface area (Å²) in [5.41, 5.74) is 4.04. The van der Waals surface area contributed by atoms with Crippen molar-refractivity contribution >= 4 is 17.4 Å². The number of benzene rings is 2. The van der Waals surface area contributed by atoms with E-state index in [1.165, 1.54) is 0 Å². The standard InChI is InChI=1S/C24H21N5OS/c1-18-9-5-6-12-21(18)30-16-23-26-27-24(29(23)20-10-3-2-4-11-20)31-17-19-15-28-14-8-7-13-22(28)25-19/h2-15H,16-17H2,1H3. The number of nitrogens with zero attached hydrogens (tertiary/aromatic N) is 5. The minimum Gasteiger partial charge on any atom is -0.485 e. The van der Waals surface area contributed by atoms with E-state index >= 15 is 0 Å². The number of hydrogen-bond acceptors (Lipinski definition) is 5. The monoisotopic (exact) mass is 427 g/mol. The van der Waals surface area contributed by atoms with Crippen molar-refractivity contribution in [2.75, 3.05) is 0 Å². The molecule has 2 aromatic carbocycles. The summed E-state index contributed by atoms with van der Waals surface area (Å²) in [6.45, 7) is 2.37. The van der Waals surface area contributed by atoms with Gasteiger partial charge in [0.1, 0.15) is 18.0 Å². The summed E-state index contributed by atoms with van der Waals surface area (Å²) in [5.74, 6) is 2.31. The van der Waals surface area contributed by atoms with Crippen LogP contribution < -0.4 is 4.74 Å². The van der Waals surface area contributed by atoms with Gasteiger partial charge in [-0.3, -0.25) is 4.57 Å². The lowest BCUT2D eigenvalue weighted by atomic mass is 10.2. The van der Waals surface area contributed by atoms with Crippen LogP contribution >= 0.6 is 11.8 Å². The quantitative estimate of drug-likeness (QED) is 0.339. The van der Waals surface area contributed by atoms with Crippen LogP contribution in [0.15, 0.2) is 90.3 Å². The largest absolute Gasteiger partial charge is 0.485 e. The Labute approximate surface area is 184 Å². The van der Waals surface area contributed by atoms with Crippen molar-refractivity contribution in [3.8, 4) is 11.4 Å². The second kappa shape index (κ2) is 8.65. The summed E-state index contributed by atoms with van der Waals surface area (Å²) < 4.78 is 10.1. The first-order valence-electron chi connectivity index (χ1n) is 10.0. The first kappa shape index (κ1) is 19.4. The predicted octanol–water partition coefficient (Wildman–Crippen LogP) is 5.09. The molecule has 31 heavy (non-hydrogen) atoms. The average molecular weight is 428 g/mol. The molecule has 0 bridgehead atoms. The van der Waals surface area contributed by atoms with Crippen molar-refractivity contribution in [3.05, 3.63) is 102 Å². The highest BCUT2D eigenvalue weighted by Gasteiger charge is 2.16. The van der Waals surface area contributed by atoms with Gasteiger partial charge in [-0.25, -0.2) is 4.98 Å². The van der Waals surface area contributed by atoms with Crippen molar-refractivity contribution in [2.24, 2.45) is 0 Å². The maximum absolute atomic E-state index is 6.05. The van der Waals surface area contributed by atoms with Crippen molar-refractivity contribution in [1.82, 2.24) is 24.1 Å². The Morgan fingerprint density at radius 2 is 1.71 bits per heavy atom. The van der Waals surface area contributed by atoms with Crippen LogP contribution in [0.3, 0.4) is 0 Å². The Hall–Kier alpha value is -3.58. The minimum absolute atomic E-state index is 0.335. The van der Waals surface area contributed by atoms with Crippen molar-refractivity contribution < 1.29 is 4.74 Å². The van der Waals surface area contributed by atoms with Gasteiger partial charge in [0, 0.05) is 23.8 Å². The first-order chi connectivity index (χ1) is 15.3. The van der Waals surface area contributed by atoms with Crippen LogP contribution in [0.5, 0.6) is 5.75 Å². The number of aromatic nitrogens is 5. The number of para-hydroxylation sites is 2. The van der Waals surface area contributed by atoms with Gasteiger partial charge >= 0.3 is 0 Å². The molecule has 7 heteroatoms. The van der Waals surface area contributed by atoms with E-state index in [2.05, 4.69) is 31.9 Å². The molecule has 0 atom stereocenters. The number of fused-ring (bicyclic) bond motifs is 1. The Morgan fingerprint density at radius 1 is 0.903 bits per heavy atom. The van der Waals surface area contributed by atoms with Gasteiger partial charge in [-0.15, -0.1) is 10.2 Å². The molecular formula is C24H21N5OS. The third-order valence-electron chi connectivity index (χ3n) is 4.93. The van der Waals surface area contributed by atoms with Gasteiger partial charge < -0.3 is 9.14 Å². The van der Waals surface area contributed by atoms with E-state index < -0.39 is 0 Å². The van der Waals surface area contributed by atoms with Gasteiger partial charge in [0.25, 0.3) is 0 Å². The number of imidazole rings is 1. The molecule has 0 radical (unpaired) electrons. The molecule has 5 rings (SSSR count). The average Bonchev–Trinajstić information content (AvgIpc) is 3.41. The molecule has 0 aliphatic rings. The van der Waals surface area contributed by atoms with Gasteiger partial charge in [0.05, 0.1) is 5.69 Å². The lowest BCUT2D eigenvalue weighted by molar-refractivity contribution is 0.291. The second-order valence-electron chi connectivity index (χ2n) is 7.11. The number of pyridine rings is 1. The molecule has 0 saturated heterocycles. The van der Waals surface area contributed by atoms with Gasteiger partial charge in [-0.1, -0.05) is 54.2 Å². The lowest BCUT2D eigenvalue weighted by Crippen LogP contribution is -2.07. The number of hydrogen-bond donors (Lipinski definition) is 0. The molecule has 0 spiro atoms. The number of ether oxygens (including phenoxy) is 1. The molecule has 3 aromatic heterocycles. The number of aryl methyl sites for hydroxylation is 1. The molecule has 154 valence electrons. The molecule has 0 amide bonds. The summed E-state index contributed by atoms with van der Waals surface area (Å²) in [7, 11) is 0. The first-order valence-corrected chi connectivity index (χ1v) is 11.0. The molecule has 5 aromatic rings. The summed E-state index contributed by atoms with van der Waals surface area (Å²) >= 11 is 1.61. The zero-order valence-corrected chi connectivity index (χ0v) is 17.9. The Kier molecular flexibility index (Phi) is 5.41. The van der Waals surface area contributed by atoms with Gasteiger partial charge in [-0.05, 0) is 42.8 Å². The number of rotatable bonds is 7. The molecular weight excluding hydrogens is 406 g/mol. The maximum Gasteiger partial charge on any atom is 0.196 e. The molecule has 0 N–H and O–H groups in total. The normalized spacial score (nSPS) is 11.1. The Morgan fingerprint density at radius 3 is 2.55 bits per heavy atom. The fourth-order valence-corrected chi connectivity index (χ4v) is 4.23. The lowest BCUT2D eigenvalue weighted by Gasteiger charge is -2.12. The predicted molar refractivity (Wildman–Crippen MR) is 122 cm³/mol. The summed E-state index contributed by atoms with van der Waals surface area (Å²) in [6, 6.07) is 24.1. The Balaban J connectivity index is 1.41. The van der Waals surface area contributed by atoms with Gasteiger partial charge in [0.2, 0.25) is 0 Å². The van der Waals surface area contributed by atoms with Crippen molar-refractivity contribution in [1.29, 1.82) is 0 Å². The zero-order valence-electron chi connectivity index (χ0n) is 17.0. The highest BCUT2D eigenvalue weighted by Crippen LogP contribution is 2.26. The smallest absolute Gasteiger partial charge is 0.196 e. The van der Waals surface area contributed by atoms with Gasteiger partial charge in [0.15, 0.2) is 11.0 Å². The van der Waals surface area contributed by atoms with E-state index in [9.17, 15) is 0 Å². The second-order valence-corrected chi connectivity index (χ2v) is 8.05. The van der Waals surface area contributed by atoms with Gasteiger partial charge in [-0.2, -0.15) is 0 Å². The van der Waals surface area contributed by atoms with Crippen LogP contribution in [0, 0.1) is 6.92 Å². The molecule has 0 unspecified atom stereocenters.